The Hall–Kier alpha value is -0.190. The SMILES string of the molecule is CC1(C)COc2ccc(Br)cc2C1SO. The molecule has 1 heterocycles. The van der Waals surface area contributed by atoms with Gasteiger partial charge in [0.15, 0.2) is 0 Å². The second-order valence-electron chi connectivity index (χ2n) is 4.44. The molecule has 4 heteroatoms. The van der Waals surface area contributed by atoms with Crippen molar-refractivity contribution in [1.82, 2.24) is 0 Å². The molecule has 1 aromatic carbocycles. The van der Waals surface area contributed by atoms with Crippen molar-refractivity contribution >= 4 is 28.0 Å². The molecule has 1 unspecified atom stereocenters. The smallest absolute Gasteiger partial charge is 0.123 e. The summed E-state index contributed by atoms with van der Waals surface area (Å²) in [6, 6.07) is 5.91. The van der Waals surface area contributed by atoms with E-state index >= 15 is 0 Å². The van der Waals surface area contributed by atoms with Crippen molar-refractivity contribution in [3.8, 4) is 5.75 Å². The highest BCUT2D eigenvalue weighted by atomic mass is 79.9. The summed E-state index contributed by atoms with van der Waals surface area (Å²) in [4.78, 5) is 0. The normalized spacial score (nSPS) is 23.1. The van der Waals surface area contributed by atoms with E-state index in [4.69, 9.17) is 4.74 Å². The molecule has 0 radical (unpaired) electrons. The molecule has 0 aliphatic carbocycles. The van der Waals surface area contributed by atoms with E-state index in [1.807, 2.05) is 18.2 Å². The fourth-order valence-electron chi connectivity index (χ4n) is 1.82. The number of halogens is 1. The third-order valence-corrected chi connectivity index (χ3v) is 4.27. The summed E-state index contributed by atoms with van der Waals surface area (Å²) in [5, 5.41) is 0.0683. The van der Waals surface area contributed by atoms with Crippen LogP contribution in [0.2, 0.25) is 0 Å². The predicted molar refractivity (Wildman–Crippen MR) is 66.4 cm³/mol. The van der Waals surface area contributed by atoms with Gasteiger partial charge in [-0.25, -0.2) is 0 Å². The van der Waals surface area contributed by atoms with Crippen LogP contribution >= 0.6 is 28.0 Å². The highest BCUT2D eigenvalue weighted by molar-refractivity contribution is 9.10. The molecular weight excluding hydrogens is 276 g/mol. The van der Waals surface area contributed by atoms with Gasteiger partial charge >= 0.3 is 0 Å². The molecule has 0 spiro atoms. The Balaban J connectivity index is 2.49. The Bertz CT molecular complexity index is 379. The Labute approximate surface area is 102 Å². The zero-order valence-electron chi connectivity index (χ0n) is 8.66. The maximum absolute atomic E-state index is 9.41. The van der Waals surface area contributed by atoms with Gasteiger partial charge in [-0.05, 0) is 30.2 Å². The first-order valence-corrected chi connectivity index (χ1v) is 6.40. The number of benzene rings is 1. The van der Waals surface area contributed by atoms with Crippen molar-refractivity contribution in [1.29, 1.82) is 0 Å². The van der Waals surface area contributed by atoms with Crippen molar-refractivity contribution in [3.05, 3.63) is 28.2 Å². The molecule has 15 heavy (non-hydrogen) atoms. The van der Waals surface area contributed by atoms with Gasteiger partial charge in [0, 0.05) is 15.5 Å². The quantitative estimate of drug-likeness (QED) is 0.789. The maximum atomic E-state index is 9.41. The van der Waals surface area contributed by atoms with Gasteiger partial charge in [-0.3, -0.25) is 0 Å². The average Bonchev–Trinajstić information content (AvgIpc) is 2.16. The van der Waals surface area contributed by atoms with E-state index in [9.17, 15) is 4.55 Å². The van der Waals surface area contributed by atoms with Gasteiger partial charge in [0.05, 0.1) is 11.9 Å². The molecule has 0 bridgehead atoms. The Morgan fingerprint density at radius 2 is 2.27 bits per heavy atom. The van der Waals surface area contributed by atoms with Gasteiger partial charge in [0.2, 0.25) is 0 Å². The molecule has 0 amide bonds. The third-order valence-electron chi connectivity index (χ3n) is 2.67. The van der Waals surface area contributed by atoms with Crippen LogP contribution in [-0.4, -0.2) is 11.2 Å². The van der Waals surface area contributed by atoms with Crippen LogP contribution < -0.4 is 4.74 Å². The molecule has 1 N–H and O–H groups in total. The molecule has 2 nitrogen and oxygen atoms in total. The van der Waals surface area contributed by atoms with E-state index < -0.39 is 0 Å². The summed E-state index contributed by atoms with van der Waals surface area (Å²) in [5.41, 5.74) is 1.01. The zero-order valence-corrected chi connectivity index (χ0v) is 11.1. The molecule has 82 valence electrons. The van der Waals surface area contributed by atoms with Gasteiger partial charge < -0.3 is 9.29 Å². The summed E-state index contributed by atoms with van der Waals surface area (Å²) in [5.74, 6) is 0.879. The van der Waals surface area contributed by atoms with Crippen LogP contribution in [0.25, 0.3) is 0 Å². The largest absolute Gasteiger partial charge is 0.493 e. The molecule has 0 fully saturated rings. The summed E-state index contributed by atoms with van der Waals surface area (Å²) < 4.78 is 16.1. The second kappa shape index (κ2) is 4.00. The number of hydrogen-bond acceptors (Lipinski definition) is 3. The first-order chi connectivity index (χ1) is 7.04. The molecule has 1 aromatic rings. The van der Waals surface area contributed by atoms with Crippen LogP contribution in [0, 0.1) is 5.41 Å². The third kappa shape index (κ3) is 2.03. The van der Waals surface area contributed by atoms with E-state index in [1.165, 1.54) is 0 Å². The van der Waals surface area contributed by atoms with E-state index in [1.54, 1.807) is 0 Å². The number of fused-ring (bicyclic) bond motifs is 1. The van der Waals surface area contributed by atoms with Crippen LogP contribution in [0.4, 0.5) is 0 Å². The van der Waals surface area contributed by atoms with Crippen molar-refractivity contribution < 1.29 is 9.29 Å². The molecule has 1 aliphatic heterocycles. The van der Waals surface area contributed by atoms with E-state index in [0.717, 1.165) is 27.8 Å². The van der Waals surface area contributed by atoms with Crippen LogP contribution in [0.3, 0.4) is 0 Å². The Morgan fingerprint density at radius 3 is 2.93 bits per heavy atom. The van der Waals surface area contributed by atoms with Crippen molar-refractivity contribution in [2.75, 3.05) is 6.61 Å². The highest BCUT2D eigenvalue weighted by Gasteiger charge is 2.38. The van der Waals surface area contributed by atoms with E-state index in [0.29, 0.717) is 6.61 Å². The van der Waals surface area contributed by atoms with E-state index in [2.05, 4.69) is 29.8 Å². The van der Waals surface area contributed by atoms with Crippen LogP contribution in [0.5, 0.6) is 5.75 Å². The lowest BCUT2D eigenvalue weighted by Crippen LogP contribution is -2.32. The second-order valence-corrected chi connectivity index (χ2v) is 6.04. The lowest BCUT2D eigenvalue weighted by Gasteiger charge is -2.37. The van der Waals surface area contributed by atoms with Crippen LogP contribution in [0.15, 0.2) is 22.7 Å². The van der Waals surface area contributed by atoms with Crippen molar-refractivity contribution in [2.45, 2.75) is 19.1 Å². The first kappa shape index (κ1) is 11.3. The highest BCUT2D eigenvalue weighted by Crippen LogP contribution is 2.50. The van der Waals surface area contributed by atoms with Gasteiger partial charge in [-0.1, -0.05) is 29.8 Å². The average molecular weight is 289 g/mol. The number of rotatable bonds is 1. The molecule has 1 aliphatic rings. The summed E-state index contributed by atoms with van der Waals surface area (Å²) in [7, 11) is 0. The monoisotopic (exact) mass is 288 g/mol. The minimum atomic E-state index is -0.0484. The molecule has 0 saturated carbocycles. The van der Waals surface area contributed by atoms with Gasteiger partial charge in [0.25, 0.3) is 0 Å². The Morgan fingerprint density at radius 1 is 1.53 bits per heavy atom. The number of ether oxygens (including phenoxy) is 1. The lowest BCUT2D eigenvalue weighted by molar-refractivity contribution is 0.149. The fourth-order valence-corrected chi connectivity index (χ4v) is 2.85. The standard InChI is InChI=1S/C11H13BrO2S/c1-11(2)6-14-9-4-3-7(12)5-8(9)10(11)15-13/h3-5,10,13H,6H2,1-2H3. The summed E-state index contributed by atoms with van der Waals surface area (Å²) in [6.45, 7) is 4.84. The van der Waals surface area contributed by atoms with Crippen LogP contribution in [0.1, 0.15) is 24.7 Å². The number of hydrogen-bond donors (Lipinski definition) is 1. The van der Waals surface area contributed by atoms with Crippen molar-refractivity contribution in [2.24, 2.45) is 5.41 Å². The van der Waals surface area contributed by atoms with Crippen molar-refractivity contribution in [3.63, 3.8) is 0 Å². The molecule has 2 rings (SSSR count). The van der Waals surface area contributed by atoms with Gasteiger partial charge in [-0.15, -0.1) is 0 Å². The first-order valence-electron chi connectivity index (χ1n) is 4.77. The van der Waals surface area contributed by atoms with Crippen LogP contribution in [-0.2, 0) is 0 Å². The van der Waals surface area contributed by atoms with Gasteiger partial charge in [0.1, 0.15) is 5.75 Å². The summed E-state index contributed by atoms with van der Waals surface area (Å²) in [6.07, 6.45) is 0. The Kier molecular flexibility index (Phi) is 3.01. The molecule has 0 saturated heterocycles. The van der Waals surface area contributed by atoms with E-state index in [-0.39, 0.29) is 10.7 Å². The molecular formula is C11H13BrO2S. The summed E-state index contributed by atoms with van der Waals surface area (Å²) >= 11 is 4.34. The molecule has 0 aromatic heterocycles. The fraction of sp³-hybridized carbons (Fsp3) is 0.455. The minimum Gasteiger partial charge on any atom is -0.493 e. The minimum absolute atomic E-state index is 0.0484. The maximum Gasteiger partial charge on any atom is 0.123 e. The molecule has 1 atom stereocenters. The predicted octanol–water partition coefficient (Wildman–Crippen LogP) is 4.12. The lowest BCUT2D eigenvalue weighted by atomic mass is 9.84. The zero-order chi connectivity index (χ0) is 11.1. The topological polar surface area (TPSA) is 29.5 Å². The van der Waals surface area contributed by atoms with Gasteiger partial charge in [-0.2, -0.15) is 0 Å².